The quantitative estimate of drug-likeness (QED) is 0.689. The van der Waals surface area contributed by atoms with Gasteiger partial charge in [-0.1, -0.05) is 0 Å². The van der Waals surface area contributed by atoms with Crippen molar-refractivity contribution in [2.75, 3.05) is 18.1 Å². The monoisotopic (exact) mass is 219 g/mol. The summed E-state index contributed by atoms with van der Waals surface area (Å²) >= 11 is 3.86. The molecular weight excluding hydrogens is 206 g/mol. The molecule has 2 rings (SSSR count). The van der Waals surface area contributed by atoms with Crippen LogP contribution in [0.1, 0.15) is 12.8 Å². The van der Waals surface area contributed by atoms with E-state index in [1.165, 1.54) is 17.9 Å². The van der Waals surface area contributed by atoms with E-state index in [1.807, 2.05) is 23.5 Å². The van der Waals surface area contributed by atoms with Gasteiger partial charge in [-0.15, -0.1) is 23.5 Å². The van der Waals surface area contributed by atoms with E-state index in [0.29, 0.717) is 0 Å². The van der Waals surface area contributed by atoms with E-state index in [1.54, 1.807) is 0 Å². The maximum Gasteiger partial charge on any atom is 0.320 e. The van der Waals surface area contributed by atoms with Crippen molar-refractivity contribution in [2.45, 2.75) is 23.0 Å². The molecule has 0 unspecified atom stereocenters. The van der Waals surface area contributed by atoms with Crippen molar-refractivity contribution >= 4 is 29.5 Å². The Bertz CT molecular complexity index is 216. The van der Waals surface area contributed by atoms with Crippen LogP contribution in [-0.2, 0) is 4.79 Å². The van der Waals surface area contributed by atoms with Crippen molar-refractivity contribution in [1.29, 1.82) is 0 Å². The molecule has 0 saturated carbocycles. The van der Waals surface area contributed by atoms with Gasteiger partial charge in [0.1, 0.15) is 6.04 Å². The number of carboxylic acid groups (broad SMARTS) is 1. The Kier molecular flexibility index (Phi) is 2.76. The van der Waals surface area contributed by atoms with Gasteiger partial charge in [-0.25, -0.2) is 0 Å². The van der Waals surface area contributed by atoms with Crippen molar-refractivity contribution < 1.29 is 9.90 Å². The summed E-state index contributed by atoms with van der Waals surface area (Å²) in [6, 6.07) is -0.321. The summed E-state index contributed by atoms with van der Waals surface area (Å²) < 4.78 is 0.168. The lowest BCUT2D eigenvalue weighted by molar-refractivity contribution is -0.139. The van der Waals surface area contributed by atoms with Crippen LogP contribution in [0, 0.1) is 0 Å². The van der Waals surface area contributed by atoms with Gasteiger partial charge >= 0.3 is 5.97 Å². The standard InChI is InChI=1S/C8H13NO2S2/c10-7(11)6-4-8(5-9-6)12-2-1-3-13-8/h6,9H,1-5H2,(H,10,11)/t6-/m0/s1. The minimum atomic E-state index is -0.705. The summed E-state index contributed by atoms with van der Waals surface area (Å²) in [5, 5.41) is 11.9. The van der Waals surface area contributed by atoms with Gasteiger partial charge in [0.2, 0.25) is 0 Å². The van der Waals surface area contributed by atoms with E-state index in [2.05, 4.69) is 5.32 Å². The molecule has 0 aliphatic carbocycles. The Balaban J connectivity index is 1.98. The van der Waals surface area contributed by atoms with E-state index < -0.39 is 5.97 Å². The van der Waals surface area contributed by atoms with Gasteiger partial charge in [0.25, 0.3) is 0 Å². The van der Waals surface area contributed by atoms with Gasteiger partial charge in [-0.2, -0.15) is 0 Å². The van der Waals surface area contributed by atoms with Crippen LogP contribution in [0.4, 0.5) is 0 Å². The summed E-state index contributed by atoms with van der Waals surface area (Å²) in [6.07, 6.45) is 2.03. The molecule has 0 bridgehead atoms. The summed E-state index contributed by atoms with van der Waals surface area (Å²) in [4.78, 5) is 10.7. The molecule has 74 valence electrons. The smallest absolute Gasteiger partial charge is 0.320 e. The second-order valence-corrected chi connectivity index (χ2v) is 6.65. The van der Waals surface area contributed by atoms with Gasteiger partial charge in [0, 0.05) is 6.54 Å². The normalized spacial score (nSPS) is 32.2. The zero-order valence-electron chi connectivity index (χ0n) is 7.28. The van der Waals surface area contributed by atoms with Crippen LogP contribution in [0.3, 0.4) is 0 Å². The van der Waals surface area contributed by atoms with Crippen molar-refractivity contribution in [3.8, 4) is 0 Å². The van der Waals surface area contributed by atoms with Crippen LogP contribution in [0.15, 0.2) is 0 Å². The Morgan fingerprint density at radius 1 is 1.46 bits per heavy atom. The molecule has 5 heteroatoms. The molecule has 2 saturated heterocycles. The second kappa shape index (κ2) is 3.71. The lowest BCUT2D eigenvalue weighted by Gasteiger charge is -2.31. The molecular formula is C8H13NO2S2. The fraction of sp³-hybridized carbons (Fsp3) is 0.875. The molecule has 0 aromatic carbocycles. The number of carboxylic acids is 1. The largest absolute Gasteiger partial charge is 0.480 e. The van der Waals surface area contributed by atoms with Gasteiger partial charge < -0.3 is 10.4 Å². The fourth-order valence-electron chi connectivity index (χ4n) is 1.75. The number of rotatable bonds is 1. The molecule has 3 nitrogen and oxygen atoms in total. The van der Waals surface area contributed by atoms with Crippen molar-refractivity contribution in [3.63, 3.8) is 0 Å². The number of nitrogens with one attached hydrogen (secondary N) is 1. The number of thioether (sulfide) groups is 2. The van der Waals surface area contributed by atoms with Crippen LogP contribution in [0.2, 0.25) is 0 Å². The van der Waals surface area contributed by atoms with Crippen LogP contribution in [0.5, 0.6) is 0 Å². The molecule has 2 heterocycles. The highest BCUT2D eigenvalue weighted by molar-refractivity contribution is 8.18. The van der Waals surface area contributed by atoms with Crippen molar-refractivity contribution in [1.82, 2.24) is 5.32 Å². The lowest BCUT2D eigenvalue weighted by atomic mass is 10.2. The van der Waals surface area contributed by atoms with Crippen LogP contribution < -0.4 is 5.32 Å². The molecule has 13 heavy (non-hydrogen) atoms. The number of hydrogen-bond donors (Lipinski definition) is 2. The predicted molar refractivity (Wildman–Crippen MR) is 56.3 cm³/mol. The maximum atomic E-state index is 10.7. The SMILES string of the molecule is O=C(O)[C@@H]1CC2(CN1)SCCCS2. The Morgan fingerprint density at radius 3 is 2.69 bits per heavy atom. The first-order valence-corrected chi connectivity index (χ1v) is 6.43. The van der Waals surface area contributed by atoms with E-state index in [9.17, 15) is 4.79 Å². The topological polar surface area (TPSA) is 49.3 Å². The molecule has 2 aliphatic heterocycles. The molecule has 2 aliphatic rings. The fourth-order valence-corrected chi connectivity index (χ4v) is 5.02. The minimum Gasteiger partial charge on any atom is -0.480 e. The maximum absolute atomic E-state index is 10.7. The molecule has 0 amide bonds. The van der Waals surface area contributed by atoms with E-state index in [4.69, 9.17) is 5.11 Å². The van der Waals surface area contributed by atoms with Crippen LogP contribution >= 0.6 is 23.5 Å². The average molecular weight is 219 g/mol. The lowest BCUT2D eigenvalue weighted by Crippen LogP contribution is -2.30. The minimum absolute atomic E-state index is 0.168. The molecule has 1 atom stereocenters. The van der Waals surface area contributed by atoms with Gasteiger partial charge in [0.15, 0.2) is 0 Å². The van der Waals surface area contributed by atoms with Gasteiger partial charge in [0.05, 0.1) is 4.08 Å². The number of hydrogen-bond acceptors (Lipinski definition) is 4. The van der Waals surface area contributed by atoms with Crippen LogP contribution in [-0.4, -0.2) is 39.2 Å². The highest BCUT2D eigenvalue weighted by Gasteiger charge is 2.43. The highest BCUT2D eigenvalue weighted by atomic mass is 32.2. The molecule has 0 aromatic rings. The third kappa shape index (κ3) is 1.97. The molecule has 0 radical (unpaired) electrons. The van der Waals surface area contributed by atoms with Crippen molar-refractivity contribution in [3.05, 3.63) is 0 Å². The van der Waals surface area contributed by atoms with E-state index in [0.717, 1.165) is 13.0 Å². The van der Waals surface area contributed by atoms with Crippen LogP contribution in [0.25, 0.3) is 0 Å². The Hall–Kier alpha value is 0.130. The molecule has 2 fully saturated rings. The van der Waals surface area contributed by atoms with Gasteiger partial charge in [-0.3, -0.25) is 4.79 Å². The third-order valence-electron chi connectivity index (χ3n) is 2.45. The molecule has 1 spiro atoms. The van der Waals surface area contributed by atoms with E-state index >= 15 is 0 Å². The first-order chi connectivity index (χ1) is 6.22. The summed E-state index contributed by atoms with van der Waals surface area (Å²) in [5.41, 5.74) is 0. The predicted octanol–water partition coefficient (Wildman–Crippen LogP) is 0.999. The number of carbonyl (C=O) groups is 1. The molecule has 0 aromatic heterocycles. The molecule has 2 N–H and O–H groups in total. The zero-order chi connectivity index (χ0) is 9.31. The van der Waals surface area contributed by atoms with Gasteiger partial charge in [-0.05, 0) is 24.3 Å². The Labute approximate surface area is 86.0 Å². The Morgan fingerprint density at radius 2 is 2.15 bits per heavy atom. The van der Waals surface area contributed by atoms with Crippen molar-refractivity contribution in [2.24, 2.45) is 0 Å². The second-order valence-electron chi connectivity index (χ2n) is 3.44. The summed E-state index contributed by atoms with van der Waals surface area (Å²) in [6.45, 7) is 0.847. The first-order valence-electron chi connectivity index (χ1n) is 4.46. The number of aliphatic carboxylic acids is 1. The summed E-state index contributed by atoms with van der Waals surface area (Å²) in [7, 11) is 0. The van der Waals surface area contributed by atoms with E-state index in [-0.39, 0.29) is 10.1 Å². The average Bonchev–Trinajstić information content (AvgIpc) is 2.51. The highest BCUT2D eigenvalue weighted by Crippen LogP contribution is 2.47. The zero-order valence-corrected chi connectivity index (χ0v) is 8.92. The third-order valence-corrected chi connectivity index (χ3v) is 5.82. The first kappa shape index (κ1) is 9.68. The summed E-state index contributed by atoms with van der Waals surface area (Å²) in [5.74, 6) is 1.66.